The zero-order valence-electron chi connectivity index (χ0n) is 18.7. The first-order valence-electron chi connectivity index (χ1n) is 10.4. The molecule has 0 saturated heterocycles. The van der Waals surface area contributed by atoms with Crippen molar-refractivity contribution >= 4 is 32.5 Å². The summed E-state index contributed by atoms with van der Waals surface area (Å²) in [6.45, 7) is 5.18. The van der Waals surface area contributed by atoms with Crippen molar-refractivity contribution in [1.82, 2.24) is 24.1 Å². The van der Waals surface area contributed by atoms with E-state index in [1.54, 1.807) is 35.9 Å². The number of aryl methyl sites for hydroxylation is 1. The van der Waals surface area contributed by atoms with Crippen LogP contribution in [0.1, 0.15) is 32.5 Å². The van der Waals surface area contributed by atoms with Crippen LogP contribution >= 0.6 is 11.6 Å². The smallest absolute Gasteiger partial charge is 0.324 e. The van der Waals surface area contributed by atoms with Crippen molar-refractivity contribution in [2.45, 2.75) is 38.0 Å². The van der Waals surface area contributed by atoms with E-state index >= 15 is 0 Å². The molecule has 0 fully saturated rings. The minimum Gasteiger partial charge on any atom is -0.324 e. The van der Waals surface area contributed by atoms with Crippen LogP contribution < -0.4 is 0 Å². The maximum atomic E-state index is 13.3. The van der Waals surface area contributed by atoms with E-state index < -0.39 is 21.7 Å². The molecule has 0 aliphatic heterocycles. The molecule has 34 heavy (non-hydrogen) atoms. The van der Waals surface area contributed by atoms with Crippen LogP contribution in [-0.2, 0) is 23.1 Å². The number of imidazole rings is 2. The van der Waals surface area contributed by atoms with E-state index in [1.807, 2.05) is 13.8 Å². The predicted octanol–water partition coefficient (Wildman–Crippen LogP) is 5.55. The molecule has 0 saturated carbocycles. The van der Waals surface area contributed by atoms with Gasteiger partial charge in [0.1, 0.15) is 17.2 Å². The predicted molar refractivity (Wildman–Crippen MR) is 123 cm³/mol. The SMILES string of the molecule is CCS(=O)(=O)c1c(-c2nc3cc(C(F)(F)F)ncc3n2C)nc(-c2ccc(Cl)cc2)n1C(C)C. The van der Waals surface area contributed by atoms with Crippen molar-refractivity contribution in [1.29, 1.82) is 0 Å². The Hall–Kier alpha value is -2.92. The number of hydrogen-bond donors (Lipinski definition) is 0. The standard InChI is InChI=1S/C22H21ClF3N5O2S/c1-5-34(32,33)21-18(29-19(31(21)12(2)3)13-6-8-14(23)9-7-13)20-28-15-10-17(22(24,25)26)27-11-16(15)30(20)4/h6-12H,5H2,1-4H3. The Morgan fingerprint density at radius 2 is 1.74 bits per heavy atom. The normalized spacial score (nSPS) is 12.7. The number of alkyl halides is 3. The molecule has 0 radical (unpaired) electrons. The molecule has 0 bridgehead atoms. The van der Waals surface area contributed by atoms with Crippen molar-refractivity contribution in [3.05, 3.63) is 47.2 Å². The van der Waals surface area contributed by atoms with Gasteiger partial charge < -0.3 is 9.13 Å². The Balaban J connectivity index is 2.07. The molecule has 0 unspecified atom stereocenters. The molecule has 12 heteroatoms. The highest BCUT2D eigenvalue weighted by Gasteiger charge is 2.34. The Morgan fingerprint density at radius 3 is 2.29 bits per heavy atom. The van der Waals surface area contributed by atoms with Crippen molar-refractivity contribution in [2.24, 2.45) is 7.05 Å². The second-order valence-corrected chi connectivity index (χ2v) is 10.6. The molecule has 0 amide bonds. The third-order valence-electron chi connectivity index (χ3n) is 5.43. The number of pyridine rings is 1. The van der Waals surface area contributed by atoms with Gasteiger partial charge in [-0.2, -0.15) is 13.2 Å². The van der Waals surface area contributed by atoms with Gasteiger partial charge in [-0.1, -0.05) is 18.5 Å². The van der Waals surface area contributed by atoms with Gasteiger partial charge in [0.05, 0.1) is 23.0 Å². The molecule has 0 atom stereocenters. The van der Waals surface area contributed by atoms with E-state index in [0.717, 1.165) is 12.3 Å². The maximum Gasteiger partial charge on any atom is 0.433 e. The molecular formula is C22H21ClF3N5O2S. The topological polar surface area (TPSA) is 82.7 Å². The fourth-order valence-corrected chi connectivity index (χ4v) is 5.16. The van der Waals surface area contributed by atoms with Crippen LogP contribution in [0.5, 0.6) is 0 Å². The first-order chi connectivity index (χ1) is 15.8. The van der Waals surface area contributed by atoms with Crippen molar-refractivity contribution in [3.8, 4) is 22.9 Å². The van der Waals surface area contributed by atoms with Crippen molar-refractivity contribution < 1.29 is 21.6 Å². The molecule has 3 aromatic heterocycles. The maximum absolute atomic E-state index is 13.3. The molecule has 1 aromatic carbocycles. The van der Waals surface area contributed by atoms with E-state index in [0.29, 0.717) is 21.9 Å². The van der Waals surface area contributed by atoms with Gasteiger partial charge in [-0.25, -0.2) is 23.4 Å². The van der Waals surface area contributed by atoms with Gasteiger partial charge in [-0.15, -0.1) is 0 Å². The van der Waals surface area contributed by atoms with E-state index in [4.69, 9.17) is 11.6 Å². The Morgan fingerprint density at radius 1 is 1.09 bits per heavy atom. The van der Waals surface area contributed by atoms with Crippen LogP contribution in [0.15, 0.2) is 41.6 Å². The summed E-state index contributed by atoms with van der Waals surface area (Å²) in [4.78, 5) is 12.5. The first kappa shape index (κ1) is 24.2. The Bertz CT molecular complexity index is 1490. The molecule has 0 aliphatic carbocycles. The molecule has 7 nitrogen and oxygen atoms in total. The van der Waals surface area contributed by atoms with Gasteiger partial charge in [-0.3, -0.25) is 0 Å². The number of aromatic nitrogens is 5. The highest BCUT2D eigenvalue weighted by atomic mass is 35.5. The zero-order chi connectivity index (χ0) is 25.0. The van der Waals surface area contributed by atoms with E-state index in [-0.39, 0.29) is 33.9 Å². The van der Waals surface area contributed by atoms with Crippen molar-refractivity contribution in [2.75, 3.05) is 5.75 Å². The lowest BCUT2D eigenvalue weighted by Gasteiger charge is -2.16. The average Bonchev–Trinajstić information content (AvgIpc) is 3.32. The fourth-order valence-electron chi connectivity index (χ4n) is 3.73. The molecule has 0 spiro atoms. The largest absolute Gasteiger partial charge is 0.433 e. The van der Waals surface area contributed by atoms with E-state index in [2.05, 4.69) is 15.0 Å². The number of sulfone groups is 1. The summed E-state index contributed by atoms with van der Waals surface area (Å²) in [5.41, 5.74) is -0.0353. The van der Waals surface area contributed by atoms with Crippen molar-refractivity contribution in [3.63, 3.8) is 0 Å². The summed E-state index contributed by atoms with van der Waals surface area (Å²) in [6.07, 6.45) is -3.56. The first-order valence-corrected chi connectivity index (χ1v) is 12.4. The molecule has 0 aliphatic rings. The van der Waals surface area contributed by atoms with Crippen LogP contribution in [-0.4, -0.2) is 38.3 Å². The monoisotopic (exact) mass is 511 g/mol. The summed E-state index contributed by atoms with van der Waals surface area (Å²) in [5, 5.41) is 0.466. The lowest BCUT2D eigenvalue weighted by Crippen LogP contribution is -2.15. The summed E-state index contributed by atoms with van der Waals surface area (Å²) in [5.74, 6) is 0.315. The highest BCUT2D eigenvalue weighted by molar-refractivity contribution is 7.91. The number of fused-ring (bicyclic) bond motifs is 1. The Kier molecular flexibility index (Phi) is 5.97. The van der Waals surface area contributed by atoms with E-state index in [9.17, 15) is 21.6 Å². The molecule has 0 N–H and O–H groups in total. The second kappa shape index (κ2) is 8.38. The van der Waals surface area contributed by atoms with Crippen LogP contribution in [0.25, 0.3) is 33.9 Å². The second-order valence-electron chi connectivity index (χ2n) is 8.01. The molecule has 4 aromatic rings. The molecule has 3 heterocycles. The van der Waals surface area contributed by atoms with Crippen LogP contribution in [0.3, 0.4) is 0 Å². The highest BCUT2D eigenvalue weighted by Crippen LogP contribution is 2.37. The van der Waals surface area contributed by atoms with Gasteiger partial charge in [-0.05, 0) is 44.2 Å². The summed E-state index contributed by atoms with van der Waals surface area (Å²) in [7, 11) is -2.23. The minimum atomic E-state index is -4.64. The van der Waals surface area contributed by atoms with Gasteiger partial charge in [0.15, 0.2) is 20.7 Å². The molecule has 180 valence electrons. The van der Waals surface area contributed by atoms with Gasteiger partial charge >= 0.3 is 6.18 Å². The summed E-state index contributed by atoms with van der Waals surface area (Å²) < 4.78 is 69.1. The number of benzene rings is 1. The molecular weight excluding hydrogens is 491 g/mol. The van der Waals surface area contributed by atoms with Gasteiger partial charge in [0.25, 0.3) is 0 Å². The minimum absolute atomic E-state index is 0.0341. The van der Waals surface area contributed by atoms with Crippen LogP contribution in [0.2, 0.25) is 5.02 Å². The lowest BCUT2D eigenvalue weighted by molar-refractivity contribution is -0.141. The summed E-state index contributed by atoms with van der Waals surface area (Å²) in [6, 6.07) is 7.34. The number of halogens is 4. The van der Waals surface area contributed by atoms with Gasteiger partial charge in [0.2, 0.25) is 0 Å². The third-order valence-corrected chi connectivity index (χ3v) is 7.42. The van der Waals surface area contributed by atoms with Crippen LogP contribution in [0, 0.1) is 0 Å². The van der Waals surface area contributed by atoms with Crippen LogP contribution in [0.4, 0.5) is 13.2 Å². The molecule has 4 rings (SSSR count). The number of nitrogens with zero attached hydrogens (tertiary/aromatic N) is 5. The van der Waals surface area contributed by atoms with E-state index in [1.165, 1.54) is 11.5 Å². The number of rotatable bonds is 5. The third kappa shape index (κ3) is 4.07. The summed E-state index contributed by atoms with van der Waals surface area (Å²) >= 11 is 6.02. The van der Waals surface area contributed by atoms with Gasteiger partial charge in [0, 0.05) is 23.7 Å². The fraction of sp³-hybridized carbons (Fsp3) is 0.318. The number of hydrogen-bond acceptors (Lipinski definition) is 5. The average molecular weight is 512 g/mol. The zero-order valence-corrected chi connectivity index (χ0v) is 20.3. The lowest BCUT2D eigenvalue weighted by atomic mass is 10.2. The Labute approximate surface area is 199 Å². The quantitative estimate of drug-likeness (QED) is 0.351.